The summed E-state index contributed by atoms with van der Waals surface area (Å²) in [5.41, 5.74) is 2.59. The predicted octanol–water partition coefficient (Wildman–Crippen LogP) is -0.246. The largest absolute Gasteiger partial charge is 0.347 e. The number of nitrogen functional groups attached to an aromatic ring is 1. The first kappa shape index (κ1) is 14.7. The Bertz CT molecular complexity index is 473. The van der Waals surface area contributed by atoms with Crippen molar-refractivity contribution in [1.82, 2.24) is 19.9 Å². The molecule has 0 amide bonds. The van der Waals surface area contributed by atoms with E-state index in [0.29, 0.717) is 17.8 Å². The molecule has 0 radical (unpaired) electrons. The van der Waals surface area contributed by atoms with E-state index in [4.69, 9.17) is 5.84 Å². The molecule has 1 aromatic heterocycles. The van der Waals surface area contributed by atoms with Crippen LogP contribution in [0.5, 0.6) is 0 Å². The highest BCUT2D eigenvalue weighted by molar-refractivity contribution is 5.44. The van der Waals surface area contributed by atoms with Crippen molar-refractivity contribution in [3.05, 3.63) is 0 Å². The van der Waals surface area contributed by atoms with Crippen LogP contribution >= 0.6 is 0 Å². The number of nitrogens with two attached hydrogens (primary N) is 1. The van der Waals surface area contributed by atoms with Gasteiger partial charge in [0.05, 0.1) is 0 Å². The van der Waals surface area contributed by atoms with E-state index in [1.807, 2.05) is 19.0 Å². The van der Waals surface area contributed by atoms with Gasteiger partial charge in [-0.05, 0) is 20.9 Å². The molecule has 0 spiro atoms. The zero-order valence-corrected chi connectivity index (χ0v) is 12.9. The van der Waals surface area contributed by atoms with Crippen molar-refractivity contribution in [2.24, 2.45) is 5.84 Å². The van der Waals surface area contributed by atoms with Gasteiger partial charge in [-0.15, -0.1) is 0 Å². The molecule has 1 aromatic rings. The summed E-state index contributed by atoms with van der Waals surface area (Å²) < 4.78 is 0. The lowest BCUT2D eigenvalue weighted by Crippen LogP contribution is -2.58. The van der Waals surface area contributed by atoms with Gasteiger partial charge in [0.25, 0.3) is 0 Å². The van der Waals surface area contributed by atoms with Gasteiger partial charge < -0.3 is 9.80 Å². The minimum Gasteiger partial charge on any atom is -0.347 e. The van der Waals surface area contributed by atoms with Crippen LogP contribution in [-0.2, 0) is 0 Å². The van der Waals surface area contributed by atoms with E-state index in [-0.39, 0.29) is 5.54 Å². The number of rotatable bonds is 3. The Hall–Kier alpha value is -1.67. The second-order valence-corrected chi connectivity index (χ2v) is 5.95. The van der Waals surface area contributed by atoms with Gasteiger partial charge in [0.1, 0.15) is 0 Å². The third-order valence-electron chi connectivity index (χ3n) is 3.74. The van der Waals surface area contributed by atoms with Gasteiger partial charge in [0.2, 0.25) is 17.8 Å². The van der Waals surface area contributed by atoms with Gasteiger partial charge in [0, 0.05) is 39.3 Å². The van der Waals surface area contributed by atoms with Crippen molar-refractivity contribution in [2.45, 2.75) is 19.4 Å². The van der Waals surface area contributed by atoms with Crippen molar-refractivity contribution >= 4 is 17.8 Å². The van der Waals surface area contributed by atoms with E-state index in [1.165, 1.54) is 0 Å². The number of anilines is 3. The monoisotopic (exact) mass is 280 g/mol. The summed E-state index contributed by atoms with van der Waals surface area (Å²) in [6, 6.07) is 0. The second kappa shape index (κ2) is 5.37. The fourth-order valence-electron chi connectivity index (χ4n) is 2.17. The summed E-state index contributed by atoms with van der Waals surface area (Å²) in [5, 5.41) is 0. The quantitative estimate of drug-likeness (QED) is 0.579. The van der Waals surface area contributed by atoms with E-state index in [1.54, 1.807) is 0 Å². The Morgan fingerprint density at radius 1 is 1.20 bits per heavy atom. The third-order valence-corrected chi connectivity index (χ3v) is 3.74. The topological polar surface area (TPSA) is 86.4 Å². The molecule has 0 atom stereocenters. The highest BCUT2D eigenvalue weighted by Crippen LogP contribution is 2.23. The molecule has 0 unspecified atom stereocenters. The van der Waals surface area contributed by atoms with Crippen LogP contribution in [0, 0.1) is 0 Å². The molecule has 0 saturated carbocycles. The molecule has 1 aliphatic heterocycles. The maximum absolute atomic E-state index is 5.44. The van der Waals surface area contributed by atoms with Crippen LogP contribution in [0.3, 0.4) is 0 Å². The molecular weight excluding hydrogens is 256 g/mol. The first-order valence-electron chi connectivity index (χ1n) is 6.70. The number of nitrogens with zero attached hydrogens (tertiary/aromatic N) is 6. The predicted molar refractivity (Wildman–Crippen MR) is 80.9 cm³/mol. The minimum atomic E-state index is 0.0828. The van der Waals surface area contributed by atoms with Crippen LogP contribution in [0.2, 0.25) is 0 Å². The summed E-state index contributed by atoms with van der Waals surface area (Å²) in [7, 11) is 5.93. The second-order valence-electron chi connectivity index (χ2n) is 5.95. The van der Waals surface area contributed by atoms with E-state index in [2.05, 4.69) is 51.1 Å². The first-order chi connectivity index (χ1) is 9.33. The average molecular weight is 280 g/mol. The lowest BCUT2D eigenvalue weighted by molar-refractivity contribution is 0.138. The number of hydrazine groups is 1. The van der Waals surface area contributed by atoms with Crippen molar-refractivity contribution in [3.63, 3.8) is 0 Å². The van der Waals surface area contributed by atoms with Crippen molar-refractivity contribution in [1.29, 1.82) is 0 Å². The van der Waals surface area contributed by atoms with Gasteiger partial charge in [-0.2, -0.15) is 15.0 Å². The van der Waals surface area contributed by atoms with E-state index >= 15 is 0 Å². The molecule has 3 N–H and O–H groups in total. The summed E-state index contributed by atoms with van der Waals surface area (Å²) in [6.45, 7) is 7.16. The number of nitrogens with one attached hydrogen (secondary N) is 1. The maximum atomic E-state index is 5.44. The number of hydrogen-bond acceptors (Lipinski definition) is 8. The third kappa shape index (κ3) is 2.91. The Morgan fingerprint density at radius 3 is 2.45 bits per heavy atom. The molecule has 1 aliphatic rings. The van der Waals surface area contributed by atoms with E-state index in [0.717, 1.165) is 19.6 Å². The molecule has 1 fully saturated rings. The SMILES string of the molecule is CN(C)c1nc(NN)nc(N2CCN(C)C(C)(C)C2)n1. The number of likely N-dealkylation sites (N-methyl/N-ethyl adjacent to an activating group) is 1. The minimum absolute atomic E-state index is 0.0828. The highest BCUT2D eigenvalue weighted by atomic mass is 15.4. The van der Waals surface area contributed by atoms with Gasteiger partial charge in [0.15, 0.2) is 0 Å². The molecular formula is C12H24N8. The van der Waals surface area contributed by atoms with Crippen molar-refractivity contribution in [2.75, 3.05) is 56.0 Å². The number of aromatic nitrogens is 3. The molecule has 0 aromatic carbocycles. The van der Waals surface area contributed by atoms with Crippen molar-refractivity contribution in [3.8, 4) is 0 Å². The van der Waals surface area contributed by atoms with Crippen LogP contribution in [0.1, 0.15) is 13.8 Å². The van der Waals surface area contributed by atoms with E-state index in [9.17, 15) is 0 Å². The standard InChI is InChI=1S/C12H24N8/c1-12(2)8-20(7-6-19(12)5)11-15-9(17-13)14-10(16-11)18(3)4/h6-8,13H2,1-5H3,(H,14,15,16,17). The highest BCUT2D eigenvalue weighted by Gasteiger charge is 2.32. The summed E-state index contributed by atoms with van der Waals surface area (Å²) in [5.74, 6) is 7.09. The zero-order chi connectivity index (χ0) is 14.9. The first-order valence-corrected chi connectivity index (χ1v) is 6.70. The Labute approximate surface area is 120 Å². The molecule has 8 nitrogen and oxygen atoms in total. The van der Waals surface area contributed by atoms with Crippen LogP contribution in [0.15, 0.2) is 0 Å². The van der Waals surface area contributed by atoms with Crippen molar-refractivity contribution < 1.29 is 0 Å². The van der Waals surface area contributed by atoms with Crippen LogP contribution in [0.4, 0.5) is 17.8 Å². The summed E-state index contributed by atoms with van der Waals surface area (Å²) in [6.07, 6.45) is 0. The van der Waals surface area contributed by atoms with Gasteiger partial charge in [-0.3, -0.25) is 10.3 Å². The number of piperazine rings is 1. The molecule has 2 rings (SSSR count). The Kier molecular flexibility index (Phi) is 3.96. The maximum Gasteiger partial charge on any atom is 0.243 e. The van der Waals surface area contributed by atoms with Crippen LogP contribution in [0.25, 0.3) is 0 Å². The fraction of sp³-hybridized carbons (Fsp3) is 0.750. The van der Waals surface area contributed by atoms with E-state index < -0.39 is 0 Å². The lowest BCUT2D eigenvalue weighted by atomic mass is 10.0. The lowest BCUT2D eigenvalue weighted by Gasteiger charge is -2.45. The van der Waals surface area contributed by atoms with Gasteiger partial charge >= 0.3 is 0 Å². The van der Waals surface area contributed by atoms with Gasteiger partial charge in [-0.1, -0.05) is 0 Å². The molecule has 0 aliphatic carbocycles. The smallest absolute Gasteiger partial charge is 0.243 e. The number of hydrogen-bond donors (Lipinski definition) is 2. The average Bonchev–Trinajstić information content (AvgIpc) is 2.41. The van der Waals surface area contributed by atoms with Crippen LogP contribution < -0.4 is 21.1 Å². The molecule has 112 valence electrons. The molecule has 20 heavy (non-hydrogen) atoms. The normalized spacial score (nSPS) is 19.0. The zero-order valence-electron chi connectivity index (χ0n) is 12.9. The summed E-state index contributed by atoms with van der Waals surface area (Å²) >= 11 is 0. The molecule has 8 heteroatoms. The fourth-order valence-corrected chi connectivity index (χ4v) is 2.17. The van der Waals surface area contributed by atoms with Crippen LogP contribution in [-0.4, -0.2) is 66.2 Å². The molecule has 1 saturated heterocycles. The molecule has 2 heterocycles. The Balaban J connectivity index is 2.30. The van der Waals surface area contributed by atoms with Gasteiger partial charge in [-0.25, -0.2) is 5.84 Å². The Morgan fingerprint density at radius 2 is 1.90 bits per heavy atom. The molecule has 0 bridgehead atoms. The summed E-state index contributed by atoms with van der Waals surface area (Å²) in [4.78, 5) is 19.5.